The van der Waals surface area contributed by atoms with Crippen LogP contribution in [0.25, 0.3) is 0 Å². The first-order chi connectivity index (χ1) is 11.2. The van der Waals surface area contributed by atoms with E-state index in [0.717, 1.165) is 51.0 Å². The first-order valence-electron chi connectivity index (χ1n) is 8.78. The van der Waals surface area contributed by atoms with Crippen molar-refractivity contribution < 1.29 is 9.32 Å². The van der Waals surface area contributed by atoms with E-state index in [1.165, 1.54) is 12.8 Å². The Kier molecular flexibility index (Phi) is 3.97. The van der Waals surface area contributed by atoms with Gasteiger partial charge in [0, 0.05) is 38.1 Å². The van der Waals surface area contributed by atoms with Gasteiger partial charge in [0.25, 0.3) is 0 Å². The Labute approximate surface area is 136 Å². The van der Waals surface area contributed by atoms with Crippen LogP contribution in [0.3, 0.4) is 0 Å². The average Bonchev–Trinajstić information content (AvgIpc) is 3.42. The van der Waals surface area contributed by atoms with Gasteiger partial charge in [0.2, 0.25) is 5.89 Å². The highest BCUT2D eigenvalue weighted by Gasteiger charge is 2.33. The molecular formula is C16H25N5O2. The van der Waals surface area contributed by atoms with Crippen LogP contribution in [0.2, 0.25) is 0 Å². The average molecular weight is 319 g/mol. The van der Waals surface area contributed by atoms with Crippen molar-refractivity contribution in [2.24, 2.45) is 5.92 Å². The standard InChI is InChI=1S/C16H25N5O2/c1-11-9-20(13-4-5-13)6-7-21(10-11)16(22)17-8-14-18-15(23-19-14)12-2-3-12/h11-13H,2-10H2,1H3,(H,17,22). The summed E-state index contributed by atoms with van der Waals surface area (Å²) in [4.78, 5) is 21.2. The molecule has 2 saturated carbocycles. The summed E-state index contributed by atoms with van der Waals surface area (Å²) in [5.41, 5.74) is 0. The van der Waals surface area contributed by atoms with Crippen LogP contribution in [0, 0.1) is 5.92 Å². The monoisotopic (exact) mass is 319 g/mol. The molecule has 7 heteroatoms. The van der Waals surface area contributed by atoms with Crippen molar-refractivity contribution in [1.29, 1.82) is 0 Å². The molecule has 0 spiro atoms. The van der Waals surface area contributed by atoms with Crippen molar-refractivity contribution in [2.75, 3.05) is 26.2 Å². The zero-order valence-electron chi connectivity index (χ0n) is 13.7. The Morgan fingerprint density at radius 3 is 2.83 bits per heavy atom. The summed E-state index contributed by atoms with van der Waals surface area (Å²) in [6, 6.07) is 0.743. The molecular weight excluding hydrogens is 294 g/mol. The second-order valence-electron chi connectivity index (χ2n) is 7.26. The Morgan fingerprint density at radius 2 is 2.09 bits per heavy atom. The molecule has 4 rings (SSSR count). The van der Waals surface area contributed by atoms with Gasteiger partial charge in [0.05, 0.1) is 6.54 Å². The Balaban J connectivity index is 1.28. The van der Waals surface area contributed by atoms with Crippen LogP contribution in [0.1, 0.15) is 50.2 Å². The largest absolute Gasteiger partial charge is 0.339 e. The summed E-state index contributed by atoms with van der Waals surface area (Å²) < 4.78 is 5.22. The predicted molar refractivity (Wildman–Crippen MR) is 83.8 cm³/mol. The first kappa shape index (κ1) is 14.9. The molecule has 1 aromatic heterocycles. The third-order valence-corrected chi connectivity index (χ3v) is 4.89. The fourth-order valence-corrected chi connectivity index (χ4v) is 3.32. The smallest absolute Gasteiger partial charge is 0.317 e. The van der Waals surface area contributed by atoms with E-state index in [1.807, 2.05) is 4.90 Å². The molecule has 1 saturated heterocycles. The number of hydrogen-bond donors (Lipinski definition) is 1. The predicted octanol–water partition coefficient (Wildman–Crippen LogP) is 1.57. The van der Waals surface area contributed by atoms with Crippen LogP contribution in [0.5, 0.6) is 0 Å². The van der Waals surface area contributed by atoms with Gasteiger partial charge in [0.15, 0.2) is 5.82 Å². The summed E-state index contributed by atoms with van der Waals surface area (Å²) >= 11 is 0. The lowest BCUT2D eigenvalue weighted by Gasteiger charge is -2.22. The molecule has 3 aliphatic rings. The minimum absolute atomic E-state index is 0.0210. The summed E-state index contributed by atoms with van der Waals surface area (Å²) in [5.74, 6) is 2.25. The minimum atomic E-state index is -0.0210. The number of carbonyl (C=O) groups excluding carboxylic acids is 1. The molecule has 1 N–H and O–H groups in total. The van der Waals surface area contributed by atoms with Crippen LogP contribution in [0.15, 0.2) is 4.52 Å². The van der Waals surface area contributed by atoms with E-state index in [4.69, 9.17) is 4.52 Å². The van der Waals surface area contributed by atoms with Gasteiger partial charge >= 0.3 is 6.03 Å². The van der Waals surface area contributed by atoms with E-state index in [1.54, 1.807) is 0 Å². The molecule has 23 heavy (non-hydrogen) atoms. The topological polar surface area (TPSA) is 74.5 Å². The maximum atomic E-state index is 12.4. The summed E-state index contributed by atoms with van der Waals surface area (Å²) in [6.45, 7) is 6.26. The van der Waals surface area contributed by atoms with Gasteiger partial charge in [-0.1, -0.05) is 12.1 Å². The number of aromatic nitrogens is 2. The second-order valence-corrected chi connectivity index (χ2v) is 7.26. The summed E-state index contributed by atoms with van der Waals surface area (Å²) in [6.07, 6.45) is 4.91. The molecule has 3 fully saturated rings. The molecule has 0 radical (unpaired) electrons. The van der Waals surface area contributed by atoms with E-state index in [9.17, 15) is 4.79 Å². The molecule has 1 aliphatic heterocycles. The van der Waals surface area contributed by atoms with Gasteiger partial charge in [-0.2, -0.15) is 4.98 Å². The zero-order valence-corrected chi connectivity index (χ0v) is 13.7. The quantitative estimate of drug-likeness (QED) is 0.912. The van der Waals surface area contributed by atoms with Gasteiger partial charge in [0.1, 0.15) is 0 Å². The van der Waals surface area contributed by atoms with Crippen molar-refractivity contribution in [3.63, 3.8) is 0 Å². The van der Waals surface area contributed by atoms with Crippen LogP contribution in [-0.4, -0.2) is 58.2 Å². The summed E-state index contributed by atoms with van der Waals surface area (Å²) in [7, 11) is 0. The minimum Gasteiger partial charge on any atom is -0.339 e. The molecule has 2 aliphatic carbocycles. The number of amides is 2. The zero-order chi connectivity index (χ0) is 15.8. The number of nitrogens with zero attached hydrogens (tertiary/aromatic N) is 4. The maximum absolute atomic E-state index is 12.4. The van der Waals surface area contributed by atoms with Crippen LogP contribution in [0.4, 0.5) is 4.79 Å². The van der Waals surface area contributed by atoms with Crippen LogP contribution >= 0.6 is 0 Å². The highest BCUT2D eigenvalue weighted by Crippen LogP contribution is 2.38. The molecule has 1 aromatic rings. The second kappa shape index (κ2) is 6.11. The van der Waals surface area contributed by atoms with Crippen molar-refractivity contribution in [2.45, 2.75) is 51.1 Å². The lowest BCUT2D eigenvalue weighted by Crippen LogP contribution is -2.42. The van der Waals surface area contributed by atoms with E-state index >= 15 is 0 Å². The molecule has 1 atom stereocenters. The fourth-order valence-electron chi connectivity index (χ4n) is 3.32. The van der Waals surface area contributed by atoms with Gasteiger partial charge < -0.3 is 14.7 Å². The highest BCUT2D eigenvalue weighted by molar-refractivity contribution is 5.74. The van der Waals surface area contributed by atoms with Gasteiger partial charge in [-0.25, -0.2) is 4.79 Å². The number of hydrogen-bond acceptors (Lipinski definition) is 5. The fraction of sp³-hybridized carbons (Fsp3) is 0.812. The summed E-state index contributed by atoms with van der Waals surface area (Å²) in [5, 5.41) is 6.88. The molecule has 7 nitrogen and oxygen atoms in total. The lowest BCUT2D eigenvalue weighted by molar-refractivity contribution is 0.194. The number of nitrogens with one attached hydrogen (secondary N) is 1. The van der Waals surface area contributed by atoms with Crippen LogP contribution in [-0.2, 0) is 6.54 Å². The number of urea groups is 1. The maximum Gasteiger partial charge on any atom is 0.317 e. The van der Waals surface area contributed by atoms with Gasteiger partial charge in [-0.15, -0.1) is 0 Å². The Hall–Kier alpha value is -1.63. The number of rotatable bonds is 4. The Morgan fingerprint density at radius 1 is 1.26 bits per heavy atom. The third-order valence-electron chi connectivity index (χ3n) is 4.89. The molecule has 0 aromatic carbocycles. The first-order valence-corrected chi connectivity index (χ1v) is 8.78. The van der Waals surface area contributed by atoms with E-state index < -0.39 is 0 Å². The lowest BCUT2D eigenvalue weighted by atomic mass is 10.1. The van der Waals surface area contributed by atoms with E-state index in [0.29, 0.717) is 24.2 Å². The third kappa shape index (κ3) is 3.65. The van der Waals surface area contributed by atoms with Crippen molar-refractivity contribution >= 4 is 6.03 Å². The SMILES string of the molecule is CC1CN(C(=O)NCc2noc(C3CC3)n2)CCN(C2CC2)C1. The molecule has 2 amide bonds. The number of carbonyl (C=O) groups is 1. The molecule has 126 valence electrons. The van der Waals surface area contributed by atoms with E-state index in [-0.39, 0.29) is 6.03 Å². The van der Waals surface area contributed by atoms with Crippen molar-refractivity contribution in [3.8, 4) is 0 Å². The molecule has 2 heterocycles. The van der Waals surface area contributed by atoms with Crippen molar-refractivity contribution in [3.05, 3.63) is 11.7 Å². The molecule has 0 bridgehead atoms. The normalized spacial score (nSPS) is 26.1. The highest BCUT2D eigenvalue weighted by atomic mass is 16.5. The Bertz CT molecular complexity index is 567. The van der Waals surface area contributed by atoms with Gasteiger partial charge in [-0.3, -0.25) is 4.90 Å². The van der Waals surface area contributed by atoms with E-state index in [2.05, 4.69) is 27.3 Å². The van der Waals surface area contributed by atoms with Crippen LogP contribution < -0.4 is 5.32 Å². The van der Waals surface area contributed by atoms with Crippen molar-refractivity contribution in [1.82, 2.24) is 25.3 Å². The molecule has 1 unspecified atom stereocenters. The van der Waals surface area contributed by atoms with Gasteiger partial charge in [-0.05, 0) is 31.6 Å².